The van der Waals surface area contributed by atoms with E-state index in [2.05, 4.69) is 110 Å². The summed E-state index contributed by atoms with van der Waals surface area (Å²) in [5.74, 6) is 6.84. The van der Waals surface area contributed by atoms with Crippen LogP contribution in [0, 0.1) is 0 Å². The predicted octanol–water partition coefficient (Wildman–Crippen LogP) is 14.1. The average molecular weight is 2100 g/mol. The van der Waals surface area contributed by atoms with Crippen LogP contribution < -0.4 is 52.9 Å². The first kappa shape index (κ1) is 106. The number of ether oxygens (including phenoxy) is 2. The molecule has 0 bridgehead atoms. The quantitative estimate of drug-likeness (QED) is 0.0244. The fourth-order valence-electron chi connectivity index (χ4n) is 18.3. The van der Waals surface area contributed by atoms with Gasteiger partial charge in [-0.05, 0) is 258 Å². The molecule has 1 amide bonds. The van der Waals surface area contributed by atoms with Gasteiger partial charge in [0.05, 0.1) is 60.1 Å². The van der Waals surface area contributed by atoms with Gasteiger partial charge in [0.1, 0.15) is 35.3 Å². The van der Waals surface area contributed by atoms with E-state index in [4.69, 9.17) is 47.6 Å². The van der Waals surface area contributed by atoms with E-state index >= 15 is 0 Å². The Morgan fingerprint density at radius 1 is 0.575 bits per heavy atom. The second kappa shape index (κ2) is 48.4. The number of pyridine rings is 3. The van der Waals surface area contributed by atoms with Gasteiger partial charge in [0.25, 0.3) is 26.7 Å². The number of halogens is 2. The molecule has 5 aliphatic heterocycles. The molecule has 7 N–H and O–H groups in total. The van der Waals surface area contributed by atoms with E-state index in [0.29, 0.717) is 136 Å². The van der Waals surface area contributed by atoms with Crippen molar-refractivity contribution in [1.29, 1.82) is 0 Å². The molecule has 7 aromatic heterocycles. The molecule has 41 heteroatoms. The Kier molecular flexibility index (Phi) is 35.2. The van der Waals surface area contributed by atoms with Crippen molar-refractivity contribution in [2.45, 2.75) is 109 Å². The number of rotatable bonds is 32. The molecule has 4 atom stereocenters. The second-order valence-corrected chi connectivity index (χ2v) is 45.1. The van der Waals surface area contributed by atoms with Crippen molar-refractivity contribution in [1.82, 2.24) is 86.7 Å². The summed E-state index contributed by atoms with van der Waals surface area (Å²) in [7, 11) is 2.76. The number of morpholine rings is 1. The SMILES string of the molecule is C=S(CCN(C)C)c1cc(Cl)c(-c2cc3cnc(Nc4ccc(NC5CCN(C)CC5)cc4)nc3n(CC(=O)N3CCCC3)c2=O)c(Cl)c1.CN(c1ccc(Nc2ncc3cc(-c4nccn4S(=O)(=O)c4ccccc4)c(=O)n(CCN4CCOCC4)c3n2)cc1)C1CCCNC1.CN1CCCC(Oc2ccc(Nc3ncc4cc(-c5cccc(S(=O)(=O)c6ccccc6)c5)c(=O)n(CCN(C)S(C)=O)c4n3)cc2)C1.O.[HH].[HH].[HH]. The lowest BCUT2D eigenvalue weighted by molar-refractivity contribution is -0.130. The van der Waals surface area contributed by atoms with Crippen molar-refractivity contribution >= 4 is 156 Å². The maximum Gasteiger partial charge on any atom is 0.269 e. The summed E-state index contributed by atoms with van der Waals surface area (Å²) < 4.78 is 85.0. The Bertz CT molecular complexity index is 7440. The predicted molar refractivity (Wildman–Crippen MR) is 589 cm³/mol. The molecule has 146 heavy (non-hydrogen) atoms. The van der Waals surface area contributed by atoms with Crippen molar-refractivity contribution < 1.29 is 45.1 Å². The van der Waals surface area contributed by atoms with Gasteiger partial charge in [-0.15, -0.1) is 0 Å². The topological polar surface area (TPSA) is 396 Å². The normalized spacial score (nSPS) is 16.6. The third-order valence-electron chi connectivity index (χ3n) is 26.7. The average Bonchev–Trinajstić information content (AvgIpc) is 1.69. The molecule has 19 rings (SSSR count). The maximum atomic E-state index is 14.3. The summed E-state index contributed by atoms with van der Waals surface area (Å²) in [6.45, 7) is 12.5. The van der Waals surface area contributed by atoms with Crippen LogP contribution in [0.5, 0.6) is 5.75 Å². The van der Waals surface area contributed by atoms with Crippen molar-refractivity contribution in [3.05, 3.63) is 260 Å². The molecule has 0 saturated carbocycles. The lowest BCUT2D eigenvalue weighted by Gasteiger charge is -2.33. The van der Waals surface area contributed by atoms with Crippen LogP contribution in [0.1, 0.15) is 55.6 Å². The van der Waals surface area contributed by atoms with Gasteiger partial charge >= 0.3 is 0 Å². The molecule has 774 valence electrons. The van der Waals surface area contributed by atoms with Crippen LogP contribution in [0.15, 0.2) is 253 Å². The summed E-state index contributed by atoms with van der Waals surface area (Å²) >= 11 is 13.7. The van der Waals surface area contributed by atoms with Gasteiger partial charge in [-0.25, -0.2) is 49.3 Å². The highest BCUT2D eigenvalue weighted by Crippen LogP contribution is 2.41. The number of aromatic nitrogens is 11. The van der Waals surface area contributed by atoms with E-state index in [1.807, 2.05) is 86.9 Å². The molecule has 0 radical (unpaired) electrons. The molecule has 14 aromatic rings. The number of anilines is 8. The number of fused-ring (bicyclic) bond motifs is 3. The third-order valence-corrected chi connectivity index (χ3v) is 33.4. The van der Waals surface area contributed by atoms with Gasteiger partial charge in [0.2, 0.25) is 33.6 Å². The lowest BCUT2D eigenvalue weighted by Crippen LogP contribution is -2.44. The number of carbonyl (C=O) groups excluding carboxylic acids is 1. The van der Waals surface area contributed by atoms with E-state index < -0.39 is 36.4 Å². The molecule has 0 aliphatic carbocycles. The zero-order valence-electron chi connectivity index (χ0n) is 82.7. The molecule has 0 spiro atoms. The number of hydrogen-bond acceptors (Lipinski definition) is 28. The zero-order chi connectivity index (χ0) is 102. The Morgan fingerprint density at radius 3 is 1.71 bits per heavy atom. The Labute approximate surface area is 868 Å². The van der Waals surface area contributed by atoms with E-state index in [9.17, 15) is 40.2 Å². The van der Waals surface area contributed by atoms with Crippen LogP contribution in [0.4, 0.5) is 46.3 Å². The molecule has 12 heterocycles. The molecule has 5 fully saturated rings. The van der Waals surface area contributed by atoms with Crippen molar-refractivity contribution in [3.8, 4) is 39.4 Å². The van der Waals surface area contributed by atoms with Gasteiger partial charge in [-0.2, -0.15) is 25.4 Å². The van der Waals surface area contributed by atoms with Gasteiger partial charge in [0, 0.05) is 199 Å². The molecular formula is C105H129Cl2N23O12S4. The second-order valence-electron chi connectivity index (χ2n) is 37.2. The first-order valence-corrected chi connectivity index (χ1v) is 55.4. The Morgan fingerprint density at radius 2 is 1.12 bits per heavy atom. The fraction of sp³-hybridized carbons (Fsp3) is 0.352. The van der Waals surface area contributed by atoms with E-state index in [-0.39, 0.29) is 88.1 Å². The minimum Gasteiger partial charge on any atom is -0.489 e. The molecule has 35 nitrogen and oxygen atoms in total. The van der Waals surface area contributed by atoms with Gasteiger partial charge < -0.3 is 66.0 Å². The fourth-order valence-corrected chi connectivity index (χ4v) is 23.5. The van der Waals surface area contributed by atoms with Crippen LogP contribution in [0.25, 0.3) is 66.7 Å². The van der Waals surface area contributed by atoms with Crippen molar-refractivity contribution in [2.24, 2.45) is 0 Å². The molecule has 4 unspecified atom stereocenters. The Hall–Kier alpha value is -12.6. The van der Waals surface area contributed by atoms with Crippen LogP contribution in [0.3, 0.4) is 0 Å². The number of sulfone groups is 1. The Balaban J connectivity index is 0.000000184. The minimum atomic E-state index is -4.01. The number of nitrogens with one attached hydrogen (secondary N) is 5. The highest BCUT2D eigenvalue weighted by Gasteiger charge is 2.31. The summed E-state index contributed by atoms with van der Waals surface area (Å²) in [6, 6.07) is 56.0. The number of imidazole rings is 1. The number of piperidine rings is 3. The number of amides is 1. The number of nitrogens with zero attached hydrogens (tertiary/aromatic N) is 18. The lowest BCUT2D eigenvalue weighted by atomic mass is 10.1. The summed E-state index contributed by atoms with van der Waals surface area (Å²) in [6.07, 6.45) is 18.0. The van der Waals surface area contributed by atoms with Crippen molar-refractivity contribution in [2.75, 3.05) is 179 Å². The molecule has 7 aromatic carbocycles. The molecule has 5 aliphatic rings. The smallest absolute Gasteiger partial charge is 0.269 e. The van der Waals surface area contributed by atoms with Gasteiger partial charge in [0.15, 0.2) is 5.82 Å². The molecule has 5 saturated heterocycles. The standard InChI is InChI=1S/C36H44Cl2N8O2S.C35H38N6O5S2.C34H39N9O4S.H2O.3H2/c1-43(2)17-18-49(4)28-20-30(37)33(31(38)21-28)29-19-24-22-39-36(42-34(24)46(35(29)48)23-32(47)45-13-5-6-14-45)41-26-9-7-25(8-10-26)40-27-11-15-44(3)16-12-27;1-39-18-8-10-29(24-39)46-28-16-14-27(15-17-28)37-35-36-23-26-22-32(34(42)41(33(26)38-35)20-19-40(2)47(3)43)25-9-7-13-31(21-25)48(44,45)30-11-5-4-6-12-30;1-40(28-6-5-13-35-24-28)27-11-9-26(10-12-27)38-34-37-23-25-22-30(32-36-14-15-43(32)48(45,46)29-7-3-2-4-8-29)33(44)42(31(25)39-34)17-16-41-18-20-47-21-19-41;;;;/h7-10,19-22,27,40H,4-6,11-18,23H2,1-3H3,(H,39,41,42);4-7,9,11-17,21-23,29H,8,10,18-20,24H2,1-3H3,(H,36,37,38);2-4,7-12,14-15,22-23,28,35H,5-6,13,16-21,24H2,1H3,(H,37,38,39);1H2;3*1H. The van der Waals surface area contributed by atoms with Gasteiger partial charge in [-0.1, -0.05) is 77.6 Å². The highest BCUT2D eigenvalue weighted by molar-refractivity contribution is 8.14. The monoisotopic (exact) mass is 2100 g/mol. The summed E-state index contributed by atoms with van der Waals surface area (Å²) in [5.41, 5.74) is 6.23. The number of benzene rings is 7. The van der Waals surface area contributed by atoms with Crippen LogP contribution >= 0.6 is 33.7 Å². The van der Waals surface area contributed by atoms with Gasteiger partial charge in [-0.3, -0.25) is 37.8 Å². The first-order valence-electron chi connectivity index (χ1n) is 48.6. The number of likely N-dealkylation sites (tertiary alicyclic amines) is 3. The minimum absolute atomic E-state index is 0. The van der Waals surface area contributed by atoms with E-state index in [1.54, 1.807) is 125 Å². The first-order chi connectivity index (χ1) is 70.0. The van der Waals surface area contributed by atoms with Crippen LogP contribution in [-0.4, -0.2) is 290 Å². The van der Waals surface area contributed by atoms with Crippen molar-refractivity contribution in [3.63, 3.8) is 0 Å². The molecular weight excluding hydrogens is 1970 g/mol. The largest absolute Gasteiger partial charge is 0.489 e. The summed E-state index contributed by atoms with van der Waals surface area (Å²) in [4.78, 5) is 103. The maximum absolute atomic E-state index is 14.3. The van der Waals surface area contributed by atoms with Crippen LogP contribution in [0.2, 0.25) is 10.0 Å². The zero-order valence-corrected chi connectivity index (χ0v) is 87.5. The number of hydrogen-bond donors (Lipinski definition) is 5. The van der Waals surface area contributed by atoms with E-state index in [0.717, 1.165) is 153 Å². The number of likely N-dealkylation sites (N-methyl/N-ethyl adjacent to an activating group) is 3. The highest BCUT2D eigenvalue weighted by atomic mass is 35.5. The van der Waals surface area contributed by atoms with Crippen LogP contribution in [-0.2, 0) is 60.0 Å². The summed E-state index contributed by atoms with van der Waals surface area (Å²) in [5, 5.41) is 19.4. The van der Waals surface area contributed by atoms with E-state index in [1.165, 1.54) is 52.2 Å². The third kappa shape index (κ3) is 25.8. The number of carbonyl (C=O) groups is 1.